The van der Waals surface area contributed by atoms with Crippen LogP contribution in [0.15, 0.2) is 24.4 Å². The number of piperidine rings is 1. The summed E-state index contributed by atoms with van der Waals surface area (Å²) >= 11 is 1.57. The molecule has 29 heavy (non-hydrogen) atoms. The Balaban J connectivity index is 1.49. The molecular formula is C22H31N3O3S. The fraction of sp³-hybridized carbons (Fsp3) is 0.545. The molecule has 0 aliphatic carbocycles. The highest BCUT2D eigenvalue weighted by atomic mass is 32.1. The van der Waals surface area contributed by atoms with Gasteiger partial charge >= 0.3 is 0 Å². The van der Waals surface area contributed by atoms with Gasteiger partial charge in [0.25, 0.3) is 0 Å². The van der Waals surface area contributed by atoms with Crippen LogP contribution >= 0.6 is 11.3 Å². The highest BCUT2D eigenvalue weighted by Gasteiger charge is 2.19. The molecule has 1 N–H and O–H groups in total. The topological polar surface area (TPSA) is 63.7 Å². The van der Waals surface area contributed by atoms with E-state index in [1.807, 2.05) is 31.3 Å². The number of likely N-dealkylation sites (tertiary alicyclic amines) is 1. The molecule has 1 atom stereocenters. The first-order chi connectivity index (χ1) is 14.1. The van der Waals surface area contributed by atoms with Crippen molar-refractivity contribution in [2.45, 2.75) is 58.5 Å². The van der Waals surface area contributed by atoms with Gasteiger partial charge in [0.05, 0.1) is 13.7 Å². The van der Waals surface area contributed by atoms with Crippen LogP contribution in [0.5, 0.6) is 11.5 Å². The molecule has 1 fully saturated rings. The number of benzene rings is 1. The predicted molar refractivity (Wildman–Crippen MR) is 117 cm³/mol. The zero-order chi connectivity index (χ0) is 20.6. The molecule has 3 rings (SSSR count). The number of hydrogen-bond acceptors (Lipinski definition) is 6. The van der Waals surface area contributed by atoms with Crippen molar-refractivity contribution in [1.29, 1.82) is 0 Å². The Hall–Kier alpha value is -2.12. The maximum atomic E-state index is 12.4. The van der Waals surface area contributed by atoms with Crippen LogP contribution in [-0.4, -0.2) is 42.1 Å². The van der Waals surface area contributed by atoms with Gasteiger partial charge in [-0.2, -0.15) is 0 Å². The number of aryl methyl sites for hydroxylation is 1. The molecule has 2 aromatic rings. The van der Waals surface area contributed by atoms with Crippen LogP contribution in [0.1, 0.15) is 50.0 Å². The van der Waals surface area contributed by atoms with Crippen molar-refractivity contribution in [3.63, 3.8) is 0 Å². The summed E-state index contributed by atoms with van der Waals surface area (Å²) in [7, 11) is 1.62. The molecule has 0 spiro atoms. The minimum absolute atomic E-state index is 0.0231. The number of carbonyl (C=O) groups excluding carboxylic acids is 1. The highest BCUT2D eigenvalue weighted by molar-refractivity contribution is 7.15. The van der Waals surface area contributed by atoms with Gasteiger partial charge in [0.2, 0.25) is 5.91 Å². The first kappa shape index (κ1) is 21.6. The molecule has 158 valence electrons. The van der Waals surface area contributed by atoms with Gasteiger partial charge in [0.1, 0.15) is 0 Å². The first-order valence-corrected chi connectivity index (χ1v) is 11.2. The Bertz CT molecular complexity index is 808. The molecule has 1 aromatic heterocycles. The van der Waals surface area contributed by atoms with Gasteiger partial charge in [-0.25, -0.2) is 4.98 Å². The van der Waals surface area contributed by atoms with Gasteiger partial charge in [-0.3, -0.25) is 9.69 Å². The molecular weight excluding hydrogens is 386 g/mol. The van der Waals surface area contributed by atoms with E-state index >= 15 is 0 Å². The van der Waals surface area contributed by atoms with E-state index in [0.717, 1.165) is 24.4 Å². The molecule has 1 unspecified atom stereocenters. The van der Waals surface area contributed by atoms with Crippen molar-refractivity contribution in [3.8, 4) is 11.5 Å². The minimum Gasteiger partial charge on any atom is -0.493 e. The second kappa shape index (κ2) is 10.6. The predicted octanol–water partition coefficient (Wildman–Crippen LogP) is 4.50. The lowest BCUT2D eigenvalue weighted by molar-refractivity contribution is -0.116. The Labute approximate surface area is 177 Å². The van der Waals surface area contributed by atoms with E-state index in [1.54, 1.807) is 18.4 Å². The highest BCUT2D eigenvalue weighted by Crippen LogP contribution is 2.29. The molecule has 1 aromatic carbocycles. The van der Waals surface area contributed by atoms with Gasteiger partial charge in [-0.15, -0.1) is 11.3 Å². The van der Waals surface area contributed by atoms with Crippen LogP contribution in [-0.2, 0) is 17.8 Å². The fourth-order valence-electron chi connectivity index (χ4n) is 3.61. The zero-order valence-corrected chi connectivity index (χ0v) is 18.4. The molecule has 1 aliphatic rings. The third kappa shape index (κ3) is 6.18. The quantitative estimate of drug-likeness (QED) is 0.651. The van der Waals surface area contributed by atoms with E-state index in [1.165, 1.54) is 24.1 Å². The standard InChI is InChI=1S/C22H31N3O3S/c1-4-28-19-10-8-17(13-20(19)27-3)9-11-21(26)24-22-23-14-18(29-22)15-25-12-6-5-7-16(25)2/h8,10,13-14,16H,4-7,9,11-12,15H2,1-3H3,(H,23,24,26). The first-order valence-electron chi connectivity index (χ1n) is 10.4. The number of thiazole rings is 1. The number of hydrogen-bond donors (Lipinski definition) is 1. The average molecular weight is 418 g/mol. The summed E-state index contributed by atoms with van der Waals surface area (Å²) in [6, 6.07) is 6.42. The Kier molecular flexibility index (Phi) is 7.89. The van der Waals surface area contributed by atoms with Gasteiger partial charge in [-0.05, 0) is 57.4 Å². The number of anilines is 1. The van der Waals surface area contributed by atoms with Crippen molar-refractivity contribution in [2.75, 3.05) is 25.6 Å². The van der Waals surface area contributed by atoms with E-state index in [4.69, 9.17) is 9.47 Å². The molecule has 0 saturated carbocycles. The third-order valence-corrected chi connectivity index (χ3v) is 6.17. The summed E-state index contributed by atoms with van der Waals surface area (Å²) < 4.78 is 10.9. The lowest BCUT2D eigenvalue weighted by Gasteiger charge is -2.32. The van der Waals surface area contributed by atoms with E-state index in [9.17, 15) is 4.79 Å². The smallest absolute Gasteiger partial charge is 0.226 e. The van der Waals surface area contributed by atoms with Crippen LogP contribution in [0.3, 0.4) is 0 Å². The van der Waals surface area contributed by atoms with Crippen molar-refractivity contribution >= 4 is 22.4 Å². The SMILES string of the molecule is CCOc1ccc(CCC(=O)Nc2ncc(CN3CCCCC3C)s2)cc1OC. The molecule has 7 heteroatoms. The molecule has 6 nitrogen and oxygen atoms in total. The maximum absolute atomic E-state index is 12.4. The molecule has 1 saturated heterocycles. The molecule has 1 aliphatic heterocycles. The van der Waals surface area contributed by atoms with Gasteiger partial charge < -0.3 is 14.8 Å². The van der Waals surface area contributed by atoms with Crippen LogP contribution in [0.4, 0.5) is 5.13 Å². The van der Waals surface area contributed by atoms with Gasteiger partial charge in [0.15, 0.2) is 16.6 Å². The second-order valence-electron chi connectivity index (χ2n) is 7.41. The van der Waals surface area contributed by atoms with Crippen LogP contribution < -0.4 is 14.8 Å². The van der Waals surface area contributed by atoms with E-state index in [2.05, 4.69) is 22.1 Å². The molecule has 2 heterocycles. The number of carbonyl (C=O) groups is 1. The van der Waals surface area contributed by atoms with E-state index in [-0.39, 0.29) is 5.91 Å². The van der Waals surface area contributed by atoms with Crippen molar-refractivity contribution in [3.05, 3.63) is 34.8 Å². The Morgan fingerprint density at radius 2 is 2.21 bits per heavy atom. The summed E-state index contributed by atoms with van der Waals surface area (Å²) in [5.74, 6) is 1.40. The number of nitrogens with zero attached hydrogens (tertiary/aromatic N) is 2. The number of aromatic nitrogens is 1. The minimum atomic E-state index is -0.0231. The van der Waals surface area contributed by atoms with Crippen LogP contribution in [0.25, 0.3) is 0 Å². The summed E-state index contributed by atoms with van der Waals surface area (Å²) in [5, 5.41) is 3.61. The molecule has 1 amide bonds. The van der Waals surface area contributed by atoms with Gasteiger partial charge in [-0.1, -0.05) is 12.5 Å². The second-order valence-corrected chi connectivity index (χ2v) is 8.53. The maximum Gasteiger partial charge on any atom is 0.226 e. The fourth-order valence-corrected chi connectivity index (χ4v) is 4.47. The van der Waals surface area contributed by atoms with E-state index < -0.39 is 0 Å². The van der Waals surface area contributed by atoms with Crippen LogP contribution in [0, 0.1) is 0 Å². The summed E-state index contributed by atoms with van der Waals surface area (Å²) in [6.45, 7) is 6.88. The Morgan fingerprint density at radius 1 is 1.34 bits per heavy atom. The zero-order valence-electron chi connectivity index (χ0n) is 17.6. The lowest BCUT2D eigenvalue weighted by atomic mass is 10.0. The number of ether oxygens (including phenoxy) is 2. The summed E-state index contributed by atoms with van der Waals surface area (Å²) in [5.41, 5.74) is 1.04. The van der Waals surface area contributed by atoms with Crippen LogP contribution in [0.2, 0.25) is 0 Å². The number of methoxy groups -OCH3 is 1. The summed E-state index contributed by atoms with van der Waals surface area (Å²) in [4.78, 5) is 20.4. The molecule has 0 radical (unpaired) electrons. The van der Waals surface area contributed by atoms with E-state index in [0.29, 0.717) is 36.4 Å². The van der Waals surface area contributed by atoms with Gasteiger partial charge in [0, 0.05) is 30.1 Å². The monoisotopic (exact) mass is 417 g/mol. The largest absolute Gasteiger partial charge is 0.493 e. The number of rotatable bonds is 9. The Morgan fingerprint density at radius 3 is 2.97 bits per heavy atom. The summed E-state index contributed by atoms with van der Waals surface area (Å²) in [6.07, 6.45) is 6.77. The molecule has 0 bridgehead atoms. The third-order valence-electron chi connectivity index (χ3n) is 5.27. The average Bonchev–Trinajstić information content (AvgIpc) is 3.16. The normalized spacial score (nSPS) is 17.1. The van der Waals surface area contributed by atoms with Crippen molar-refractivity contribution in [2.24, 2.45) is 0 Å². The number of amides is 1. The van der Waals surface area contributed by atoms with Crippen molar-refractivity contribution < 1.29 is 14.3 Å². The number of nitrogens with one attached hydrogen (secondary N) is 1. The van der Waals surface area contributed by atoms with Crippen molar-refractivity contribution in [1.82, 2.24) is 9.88 Å². The lowest BCUT2D eigenvalue weighted by Crippen LogP contribution is -2.36.